The topological polar surface area (TPSA) is 32.3 Å². The molecule has 0 radical (unpaired) electrons. The van der Waals surface area contributed by atoms with Crippen LogP contribution in [0.2, 0.25) is 0 Å². The van der Waals surface area contributed by atoms with Gasteiger partial charge in [-0.2, -0.15) is 0 Å². The summed E-state index contributed by atoms with van der Waals surface area (Å²) in [7, 11) is 1.98. The van der Waals surface area contributed by atoms with Gasteiger partial charge in [-0.3, -0.25) is 4.79 Å². The van der Waals surface area contributed by atoms with E-state index in [1.54, 1.807) is 0 Å². The molecule has 1 saturated heterocycles. The molecule has 22 heavy (non-hydrogen) atoms. The highest BCUT2D eigenvalue weighted by molar-refractivity contribution is 9.10. The van der Waals surface area contributed by atoms with Gasteiger partial charge in [-0.25, -0.2) is 0 Å². The predicted molar refractivity (Wildman–Crippen MR) is 97.5 cm³/mol. The number of likely N-dealkylation sites (tertiary alicyclic amines) is 1. The van der Waals surface area contributed by atoms with Gasteiger partial charge in [0.2, 0.25) is 5.91 Å². The molecule has 1 aromatic rings. The summed E-state index contributed by atoms with van der Waals surface area (Å²) in [6.45, 7) is 4.95. The lowest BCUT2D eigenvalue weighted by molar-refractivity contribution is -0.134. The molecule has 0 bridgehead atoms. The van der Waals surface area contributed by atoms with E-state index in [1.807, 2.05) is 19.2 Å². The Hall–Kier alpha value is -0.580. The quantitative estimate of drug-likeness (QED) is 0.807. The van der Waals surface area contributed by atoms with Crippen LogP contribution in [0.25, 0.3) is 0 Å². The van der Waals surface area contributed by atoms with E-state index in [0.717, 1.165) is 43.4 Å². The molecule has 1 fully saturated rings. The van der Waals surface area contributed by atoms with Gasteiger partial charge in [0.05, 0.1) is 0 Å². The second-order valence-electron chi connectivity index (χ2n) is 5.94. The molecule has 1 aliphatic heterocycles. The highest BCUT2D eigenvalue weighted by Crippen LogP contribution is 2.22. The SMILES string of the molecule is CCC(Cc1cccc(Br)c1)C(=O)N1CCC(CNC)C1.Cl. The molecule has 5 heteroatoms. The normalized spacial score (nSPS) is 18.9. The summed E-state index contributed by atoms with van der Waals surface area (Å²) in [6.07, 6.45) is 2.86. The van der Waals surface area contributed by atoms with Gasteiger partial charge in [-0.05, 0) is 56.5 Å². The lowest BCUT2D eigenvalue weighted by Crippen LogP contribution is -2.36. The molecule has 1 amide bonds. The molecule has 1 aliphatic rings. The summed E-state index contributed by atoms with van der Waals surface area (Å²) in [5.41, 5.74) is 1.23. The maximum absolute atomic E-state index is 12.7. The van der Waals surface area contributed by atoms with Crippen molar-refractivity contribution in [3.8, 4) is 0 Å². The van der Waals surface area contributed by atoms with Crippen LogP contribution in [0.4, 0.5) is 0 Å². The highest BCUT2D eigenvalue weighted by atomic mass is 79.9. The highest BCUT2D eigenvalue weighted by Gasteiger charge is 2.29. The molecule has 2 rings (SSSR count). The maximum atomic E-state index is 12.7. The van der Waals surface area contributed by atoms with Crippen LogP contribution in [0.15, 0.2) is 28.7 Å². The average Bonchev–Trinajstić information content (AvgIpc) is 2.93. The maximum Gasteiger partial charge on any atom is 0.226 e. The predicted octanol–water partition coefficient (Wildman–Crippen LogP) is 3.51. The molecule has 0 saturated carbocycles. The van der Waals surface area contributed by atoms with Crippen LogP contribution in [-0.4, -0.2) is 37.5 Å². The number of halogens is 2. The van der Waals surface area contributed by atoms with Crippen molar-refractivity contribution in [1.29, 1.82) is 0 Å². The molecule has 2 unspecified atom stereocenters. The standard InChI is InChI=1S/C17H25BrN2O.ClH/c1-3-15(9-13-5-4-6-16(18)10-13)17(21)20-8-7-14(12-20)11-19-2;/h4-6,10,14-15,19H,3,7-9,11-12H2,1-2H3;1H. The van der Waals surface area contributed by atoms with Crippen LogP contribution < -0.4 is 5.32 Å². The zero-order valence-electron chi connectivity index (χ0n) is 13.3. The van der Waals surface area contributed by atoms with Crippen molar-refractivity contribution in [2.45, 2.75) is 26.2 Å². The van der Waals surface area contributed by atoms with Crippen molar-refractivity contribution in [2.75, 3.05) is 26.7 Å². The van der Waals surface area contributed by atoms with Gasteiger partial charge in [-0.1, -0.05) is 35.0 Å². The lowest BCUT2D eigenvalue weighted by atomic mass is 9.95. The smallest absolute Gasteiger partial charge is 0.226 e. The van der Waals surface area contributed by atoms with Gasteiger partial charge < -0.3 is 10.2 Å². The summed E-state index contributed by atoms with van der Waals surface area (Å²) in [4.78, 5) is 14.8. The average molecular weight is 390 g/mol. The van der Waals surface area contributed by atoms with E-state index in [0.29, 0.717) is 11.8 Å². The van der Waals surface area contributed by atoms with Gasteiger partial charge in [0.1, 0.15) is 0 Å². The van der Waals surface area contributed by atoms with Gasteiger partial charge in [0.15, 0.2) is 0 Å². The fourth-order valence-electron chi connectivity index (χ4n) is 3.10. The Balaban J connectivity index is 0.00000242. The van der Waals surface area contributed by atoms with Gasteiger partial charge in [-0.15, -0.1) is 12.4 Å². The first-order valence-electron chi connectivity index (χ1n) is 7.81. The zero-order valence-corrected chi connectivity index (χ0v) is 15.8. The number of carbonyl (C=O) groups excluding carboxylic acids is 1. The Morgan fingerprint density at radius 1 is 1.50 bits per heavy atom. The van der Waals surface area contributed by atoms with E-state index < -0.39 is 0 Å². The number of hydrogen-bond donors (Lipinski definition) is 1. The minimum Gasteiger partial charge on any atom is -0.342 e. The second-order valence-corrected chi connectivity index (χ2v) is 6.85. The Kier molecular flexibility index (Phi) is 8.44. The first-order valence-corrected chi connectivity index (χ1v) is 8.61. The molecular weight excluding hydrogens is 364 g/mol. The largest absolute Gasteiger partial charge is 0.342 e. The van der Waals surface area contributed by atoms with Crippen molar-refractivity contribution in [2.24, 2.45) is 11.8 Å². The van der Waals surface area contributed by atoms with Gasteiger partial charge in [0.25, 0.3) is 0 Å². The number of benzene rings is 1. The molecule has 0 aromatic heterocycles. The Morgan fingerprint density at radius 3 is 2.91 bits per heavy atom. The summed E-state index contributed by atoms with van der Waals surface area (Å²) >= 11 is 3.50. The summed E-state index contributed by atoms with van der Waals surface area (Å²) in [5, 5.41) is 3.22. The van der Waals surface area contributed by atoms with Crippen molar-refractivity contribution in [1.82, 2.24) is 10.2 Å². The molecule has 1 aromatic carbocycles. The van der Waals surface area contributed by atoms with E-state index >= 15 is 0 Å². The number of nitrogens with zero attached hydrogens (tertiary/aromatic N) is 1. The van der Waals surface area contributed by atoms with E-state index in [9.17, 15) is 4.79 Å². The third kappa shape index (κ3) is 5.25. The number of nitrogens with one attached hydrogen (secondary N) is 1. The molecule has 3 nitrogen and oxygen atoms in total. The third-order valence-corrected chi connectivity index (χ3v) is 4.80. The van der Waals surface area contributed by atoms with Crippen molar-refractivity contribution >= 4 is 34.2 Å². The number of hydrogen-bond acceptors (Lipinski definition) is 2. The van der Waals surface area contributed by atoms with E-state index in [-0.39, 0.29) is 18.3 Å². The first-order chi connectivity index (χ1) is 10.1. The van der Waals surface area contributed by atoms with Crippen LogP contribution in [0.5, 0.6) is 0 Å². The Bertz CT molecular complexity index is 483. The third-order valence-electron chi connectivity index (χ3n) is 4.30. The lowest BCUT2D eigenvalue weighted by Gasteiger charge is -2.23. The fraction of sp³-hybridized carbons (Fsp3) is 0.588. The fourth-order valence-corrected chi connectivity index (χ4v) is 3.55. The molecule has 0 aliphatic carbocycles. The summed E-state index contributed by atoms with van der Waals surface area (Å²) in [6, 6.07) is 8.28. The van der Waals surface area contributed by atoms with E-state index in [4.69, 9.17) is 0 Å². The van der Waals surface area contributed by atoms with Crippen LogP contribution in [0.1, 0.15) is 25.3 Å². The van der Waals surface area contributed by atoms with Crippen molar-refractivity contribution in [3.05, 3.63) is 34.3 Å². The van der Waals surface area contributed by atoms with Crippen LogP contribution >= 0.6 is 28.3 Å². The van der Waals surface area contributed by atoms with Crippen molar-refractivity contribution < 1.29 is 4.79 Å². The number of rotatable bonds is 6. The molecular formula is C17H26BrClN2O. The molecule has 2 atom stereocenters. The Morgan fingerprint density at radius 2 is 2.27 bits per heavy atom. The Labute approximate surface area is 148 Å². The van der Waals surface area contributed by atoms with Crippen molar-refractivity contribution in [3.63, 3.8) is 0 Å². The van der Waals surface area contributed by atoms with Crippen LogP contribution in [0.3, 0.4) is 0 Å². The number of amides is 1. The molecule has 1 heterocycles. The summed E-state index contributed by atoms with van der Waals surface area (Å²) in [5.74, 6) is 1.05. The molecule has 0 spiro atoms. The first kappa shape index (κ1) is 19.5. The molecule has 124 valence electrons. The van der Waals surface area contributed by atoms with Gasteiger partial charge >= 0.3 is 0 Å². The minimum atomic E-state index is 0. The van der Waals surface area contributed by atoms with Crippen LogP contribution in [0, 0.1) is 11.8 Å². The monoisotopic (exact) mass is 388 g/mol. The zero-order chi connectivity index (χ0) is 15.2. The second kappa shape index (κ2) is 9.53. The minimum absolute atomic E-state index is 0. The van der Waals surface area contributed by atoms with Gasteiger partial charge in [0, 0.05) is 23.5 Å². The van der Waals surface area contributed by atoms with Crippen LogP contribution in [-0.2, 0) is 11.2 Å². The van der Waals surface area contributed by atoms with E-state index in [1.165, 1.54) is 5.56 Å². The summed E-state index contributed by atoms with van der Waals surface area (Å²) < 4.78 is 1.08. The van der Waals surface area contributed by atoms with E-state index in [2.05, 4.69) is 45.2 Å². The molecule has 1 N–H and O–H groups in total. The number of carbonyl (C=O) groups is 1.